The van der Waals surface area contributed by atoms with E-state index in [1.165, 1.54) is 4.31 Å². The van der Waals surface area contributed by atoms with Gasteiger partial charge in [-0.1, -0.05) is 13.8 Å². The highest BCUT2D eigenvalue weighted by atomic mass is 32.2. The number of amides is 1. The number of rotatable bonds is 5. The van der Waals surface area contributed by atoms with Crippen LogP contribution in [0.4, 0.5) is 11.4 Å². The lowest BCUT2D eigenvalue weighted by Gasteiger charge is -2.22. The first-order valence-corrected chi connectivity index (χ1v) is 10.0. The highest BCUT2D eigenvalue weighted by Gasteiger charge is 2.28. The molecule has 1 N–H and O–H groups in total. The van der Waals surface area contributed by atoms with Gasteiger partial charge in [0.2, 0.25) is 15.9 Å². The minimum absolute atomic E-state index is 0.0901. The third-order valence-corrected chi connectivity index (χ3v) is 6.24. The van der Waals surface area contributed by atoms with Crippen molar-refractivity contribution in [3.8, 4) is 0 Å². The summed E-state index contributed by atoms with van der Waals surface area (Å²) < 4.78 is 27.3. The minimum atomic E-state index is -3.19. The summed E-state index contributed by atoms with van der Waals surface area (Å²) in [6.07, 6.45) is 4.41. The topological polar surface area (TPSA) is 71.4 Å². The maximum Gasteiger partial charge on any atom is 0.247 e. The Bertz CT molecular complexity index is 827. The van der Waals surface area contributed by atoms with Crippen molar-refractivity contribution in [2.24, 2.45) is 5.92 Å². The third-order valence-electron chi connectivity index (χ3n) is 4.37. The predicted octanol–water partition coefficient (Wildman–Crippen LogP) is 2.86. The van der Waals surface area contributed by atoms with Crippen LogP contribution in [0.25, 0.3) is 0 Å². The third kappa shape index (κ3) is 3.71. The zero-order valence-electron chi connectivity index (χ0n) is 14.4. The van der Waals surface area contributed by atoms with Gasteiger partial charge in [0.1, 0.15) is 6.04 Å². The van der Waals surface area contributed by atoms with E-state index in [-0.39, 0.29) is 23.6 Å². The molecule has 1 fully saturated rings. The van der Waals surface area contributed by atoms with E-state index in [4.69, 9.17) is 0 Å². The molecule has 0 radical (unpaired) electrons. The summed E-state index contributed by atoms with van der Waals surface area (Å²) >= 11 is 0. The number of carbonyl (C=O) groups excluding carboxylic acids is 1. The molecule has 1 saturated heterocycles. The highest BCUT2D eigenvalue weighted by Crippen LogP contribution is 2.26. The molecule has 0 spiro atoms. The van der Waals surface area contributed by atoms with E-state index in [0.717, 1.165) is 0 Å². The number of nitrogens with zero attached hydrogens (tertiary/aromatic N) is 2. The fourth-order valence-electron chi connectivity index (χ4n) is 3.17. The molecule has 1 aromatic heterocycles. The first-order valence-electron chi connectivity index (χ1n) is 8.42. The van der Waals surface area contributed by atoms with Gasteiger partial charge in [-0.3, -0.25) is 9.10 Å². The zero-order chi connectivity index (χ0) is 18.0. The van der Waals surface area contributed by atoms with Gasteiger partial charge < -0.3 is 9.88 Å². The van der Waals surface area contributed by atoms with E-state index >= 15 is 0 Å². The normalized spacial score (nSPS) is 17.6. The van der Waals surface area contributed by atoms with E-state index in [2.05, 4.69) is 5.32 Å². The van der Waals surface area contributed by atoms with E-state index in [1.54, 1.807) is 24.3 Å². The van der Waals surface area contributed by atoms with Crippen LogP contribution in [0.3, 0.4) is 0 Å². The summed E-state index contributed by atoms with van der Waals surface area (Å²) in [5, 5.41) is 2.92. The molecule has 7 heteroatoms. The SMILES string of the molecule is CC(C)[C@H](C(=O)Nc1ccc(N2CCCS2(=O)=O)cc1)n1cccc1. The minimum Gasteiger partial charge on any atom is -0.342 e. The van der Waals surface area contributed by atoms with Gasteiger partial charge in [0.05, 0.1) is 11.4 Å². The Labute approximate surface area is 148 Å². The first-order chi connectivity index (χ1) is 11.9. The molecule has 1 aliphatic rings. The summed E-state index contributed by atoms with van der Waals surface area (Å²) in [5.74, 6) is 0.243. The fraction of sp³-hybridized carbons (Fsp3) is 0.389. The summed E-state index contributed by atoms with van der Waals surface area (Å²) in [6.45, 7) is 4.52. The number of carbonyl (C=O) groups is 1. The van der Waals surface area contributed by atoms with Gasteiger partial charge in [0.15, 0.2) is 0 Å². The first kappa shape index (κ1) is 17.5. The molecular formula is C18H23N3O3S. The Morgan fingerprint density at radius 2 is 1.76 bits per heavy atom. The van der Waals surface area contributed by atoms with E-state index in [1.807, 2.05) is 42.9 Å². The van der Waals surface area contributed by atoms with E-state index in [9.17, 15) is 13.2 Å². The molecule has 2 aromatic rings. The van der Waals surface area contributed by atoms with E-state index < -0.39 is 10.0 Å². The molecule has 0 unspecified atom stereocenters. The van der Waals surface area contributed by atoms with Crippen molar-refractivity contribution in [3.63, 3.8) is 0 Å². The van der Waals surface area contributed by atoms with Gasteiger partial charge in [-0.15, -0.1) is 0 Å². The second-order valence-electron chi connectivity index (χ2n) is 6.60. The van der Waals surface area contributed by atoms with Crippen LogP contribution in [0.15, 0.2) is 48.8 Å². The molecular weight excluding hydrogens is 338 g/mol. The van der Waals surface area contributed by atoms with Crippen molar-refractivity contribution in [3.05, 3.63) is 48.8 Å². The standard InChI is InChI=1S/C18H23N3O3S/c1-14(2)17(20-10-3-4-11-20)18(22)19-15-6-8-16(9-7-15)21-12-5-13-25(21,23)24/h3-4,6-11,14,17H,5,12-13H2,1-2H3,(H,19,22)/t17-/m1/s1. The summed E-state index contributed by atoms with van der Waals surface area (Å²) in [5.41, 5.74) is 1.30. The van der Waals surface area contributed by atoms with Gasteiger partial charge in [-0.25, -0.2) is 8.42 Å². The van der Waals surface area contributed by atoms with Crippen molar-refractivity contribution >= 4 is 27.3 Å². The van der Waals surface area contributed by atoms with Crippen LogP contribution in [0, 0.1) is 5.92 Å². The quantitative estimate of drug-likeness (QED) is 0.890. The number of anilines is 2. The molecule has 0 saturated carbocycles. The largest absolute Gasteiger partial charge is 0.342 e. The summed E-state index contributed by atoms with van der Waals surface area (Å²) in [6, 6.07) is 10.5. The van der Waals surface area contributed by atoms with Crippen LogP contribution < -0.4 is 9.62 Å². The molecule has 134 valence electrons. The summed E-state index contributed by atoms with van der Waals surface area (Å²) in [7, 11) is -3.19. The lowest BCUT2D eigenvalue weighted by atomic mass is 10.0. The monoisotopic (exact) mass is 361 g/mol. The number of sulfonamides is 1. The Morgan fingerprint density at radius 3 is 2.28 bits per heavy atom. The molecule has 1 atom stereocenters. The van der Waals surface area contributed by atoms with Crippen LogP contribution >= 0.6 is 0 Å². The Balaban J connectivity index is 1.74. The number of hydrogen-bond donors (Lipinski definition) is 1. The van der Waals surface area contributed by atoms with Crippen LogP contribution in [0.2, 0.25) is 0 Å². The molecule has 1 amide bonds. The number of nitrogens with one attached hydrogen (secondary N) is 1. The molecule has 3 rings (SSSR count). The fourth-order valence-corrected chi connectivity index (χ4v) is 4.74. The van der Waals surface area contributed by atoms with Gasteiger partial charge in [0, 0.05) is 24.6 Å². The lowest BCUT2D eigenvalue weighted by molar-refractivity contribution is -0.120. The van der Waals surface area contributed by atoms with Gasteiger partial charge in [-0.05, 0) is 48.7 Å². The van der Waals surface area contributed by atoms with Crippen LogP contribution in [0.5, 0.6) is 0 Å². The second-order valence-corrected chi connectivity index (χ2v) is 8.61. The molecule has 0 bridgehead atoms. The summed E-state index contributed by atoms with van der Waals surface area (Å²) in [4.78, 5) is 12.7. The zero-order valence-corrected chi connectivity index (χ0v) is 15.2. The Hall–Kier alpha value is -2.28. The smallest absolute Gasteiger partial charge is 0.247 e. The van der Waals surface area contributed by atoms with Crippen LogP contribution in [-0.2, 0) is 14.8 Å². The van der Waals surface area contributed by atoms with Crippen LogP contribution in [0.1, 0.15) is 26.3 Å². The van der Waals surface area contributed by atoms with Gasteiger partial charge in [-0.2, -0.15) is 0 Å². The number of hydrogen-bond acceptors (Lipinski definition) is 3. The van der Waals surface area contributed by atoms with E-state index in [0.29, 0.717) is 24.3 Å². The van der Waals surface area contributed by atoms with Crippen molar-refractivity contribution in [1.29, 1.82) is 0 Å². The van der Waals surface area contributed by atoms with Gasteiger partial charge in [0.25, 0.3) is 0 Å². The molecule has 25 heavy (non-hydrogen) atoms. The van der Waals surface area contributed by atoms with Gasteiger partial charge >= 0.3 is 0 Å². The average Bonchev–Trinajstić information content (AvgIpc) is 3.17. The Morgan fingerprint density at radius 1 is 1.12 bits per heavy atom. The molecule has 2 heterocycles. The van der Waals surface area contributed by atoms with Crippen molar-refractivity contribution in [1.82, 2.24) is 4.57 Å². The van der Waals surface area contributed by atoms with Crippen LogP contribution in [-0.4, -0.2) is 31.2 Å². The average molecular weight is 361 g/mol. The maximum absolute atomic E-state index is 12.7. The van der Waals surface area contributed by atoms with Crippen molar-refractivity contribution in [2.45, 2.75) is 26.3 Å². The maximum atomic E-state index is 12.7. The number of benzene rings is 1. The number of aromatic nitrogens is 1. The van der Waals surface area contributed by atoms with Crippen molar-refractivity contribution in [2.75, 3.05) is 21.9 Å². The molecule has 1 aromatic carbocycles. The second kappa shape index (κ2) is 6.92. The highest BCUT2D eigenvalue weighted by molar-refractivity contribution is 7.93. The molecule has 0 aliphatic carbocycles. The lowest BCUT2D eigenvalue weighted by Crippen LogP contribution is -2.29. The molecule has 6 nitrogen and oxygen atoms in total. The van der Waals surface area contributed by atoms with Crippen molar-refractivity contribution < 1.29 is 13.2 Å². The Kier molecular flexibility index (Phi) is 4.85. The predicted molar refractivity (Wildman–Crippen MR) is 99.1 cm³/mol. The molecule has 1 aliphatic heterocycles.